The number of aromatic nitrogens is 8. The average Bonchev–Trinajstić information content (AvgIpc) is 2.49. The third kappa shape index (κ3) is 16.7. The first kappa shape index (κ1) is 62.1. The fourth-order valence-corrected chi connectivity index (χ4v) is 13.0. The fourth-order valence-electron chi connectivity index (χ4n) is 11.5. The number of carbonyl (C=O) groups excluding carboxylic acids is 4. The van der Waals surface area contributed by atoms with Gasteiger partial charge in [0.15, 0.2) is 0 Å². The third-order valence-corrected chi connectivity index (χ3v) is 20.0. The summed E-state index contributed by atoms with van der Waals surface area (Å²) in [6, 6.07) is 20.2. The van der Waals surface area contributed by atoms with Crippen LogP contribution in [-0.4, -0.2) is 104 Å². The zero-order chi connectivity index (χ0) is 60.0. The lowest BCUT2D eigenvalue weighted by atomic mass is 9.88. The van der Waals surface area contributed by atoms with Gasteiger partial charge in [-0.1, -0.05) is 63.5 Å². The van der Waals surface area contributed by atoms with Gasteiger partial charge in [-0.3, -0.25) is 28.5 Å². The van der Waals surface area contributed by atoms with Gasteiger partial charge in [0.25, 0.3) is 11.8 Å². The van der Waals surface area contributed by atoms with Crippen LogP contribution in [0.3, 0.4) is 0 Å². The Morgan fingerprint density at radius 3 is 1.38 bits per heavy atom. The lowest BCUT2D eigenvalue weighted by Gasteiger charge is -2.28. The van der Waals surface area contributed by atoms with Gasteiger partial charge in [0, 0.05) is 82.5 Å². The molecule has 4 N–H and O–H groups in total. The molecule has 0 radical (unpaired) electrons. The van der Waals surface area contributed by atoms with Gasteiger partial charge in [0.2, 0.25) is 11.8 Å². The molecule has 84 heavy (non-hydrogen) atoms. The van der Waals surface area contributed by atoms with E-state index in [1.165, 1.54) is 0 Å². The quantitative estimate of drug-likeness (QED) is 0.0270. The Kier molecular flexibility index (Phi) is 19.8. The number of nitrogens with zero attached hydrogens (tertiary/aromatic N) is 8. The van der Waals surface area contributed by atoms with E-state index >= 15 is 0 Å². The van der Waals surface area contributed by atoms with E-state index in [1.807, 2.05) is 112 Å². The number of rotatable bonds is 28. The molecule has 4 aliphatic rings. The van der Waals surface area contributed by atoms with Crippen molar-refractivity contribution in [2.45, 2.75) is 182 Å². The maximum absolute atomic E-state index is 13.8. The molecule has 2 aromatic carbocycles. The fraction of sp³-hybridized carbons (Fsp3) is 0.562. The molecule has 452 valence electrons. The molecular formula is C64H92N12O6Si2. The number of hydrogen-bond acceptors (Lipinski definition) is 10. The standard InChI is InChI=1S/2C32H46N6O3Si/c1-21(2)38-27(15-16-33-38)31(39)36-29(28(23-7-8-23)24-9-10-24)32(40)35-26-13-11-25(12-14-26)30-22(3)19-34-37(30)20-41-17-18-42(4,5)6;1-21(2)38-27(15-16-33-38)31(39)35-30(28(23-7-8-23)24-9-10-24)32(40)34-26-13-11-25(12-14-26)29-22(3)19-37(36-29)20-41-17-18-42(4,5)6/h11-16,19,21,23-24,28-29H,7-10,17-18,20H2,1-6H3,(H,35,40)(H,36,39);11-16,19,21,23-24,28,30H,7-10,17-18,20H2,1-6H3,(H,34,40)(H,35,39)/t29-;30-/m00/s1. The first-order chi connectivity index (χ1) is 40.0. The Hall–Kier alpha value is -6.49. The van der Waals surface area contributed by atoms with Crippen LogP contribution in [0, 0.1) is 49.4 Å². The minimum Gasteiger partial charge on any atom is -0.360 e. The summed E-state index contributed by atoms with van der Waals surface area (Å²) < 4.78 is 19.0. The summed E-state index contributed by atoms with van der Waals surface area (Å²) >= 11 is 0. The first-order valence-corrected chi connectivity index (χ1v) is 38.2. The summed E-state index contributed by atoms with van der Waals surface area (Å²) in [7, 11) is -2.28. The van der Waals surface area contributed by atoms with Crippen LogP contribution in [0.4, 0.5) is 11.4 Å². The second-order valence-electron chi connectivity index (χ2n) is 27.1. The summed E-state index contributed by atoms with van der Waals surface area (Å²) in [5.41, 5.74) is 8.41. The van der Waals surface area contributed by atoms with Gasteiger partial charge in [0.05, 0.1) is 17.6 Å². The average molecular weight is 1180 g/mol. The molecule has 4 amide bonds. The summed E-state index contributed by atoms with van der Waals surface area (Å²) in [6.07, 6.45) is 16.1. The van der Waals surface area contributed by atoms with Crippen molar-refractivity contribution in [3.63, 3.8) is 0 Å². The third-order valence-electron chi connectivity index (χ3n) is 16.6. The molecule has 4 fully saturated rings. The minimum atomic E-state index is -1.16. The zero-order valence-corrected chi connectivity index (χ0v) is 53.8. The Bertz CT molecular complexity index is 3160. The Morgan fingerprint density at radius 2 is 0.976 bits per heavy atom. The summed E-state index contributed by atoms with van der Waals surface area (Å²) in [5.74, 6) is 1.44. The predicted octanol–water partition coefficient (Wildman–Crippen LogP) is 12.2. The molecule has 0 saturated heterocycles. The van der Waals surface area contributed by atoms with Crippen molar-refractivity contribution in [1.29, 1.82) is 0 Å². The lowest BCUT2D eigenvalue weighted by Crippen LogP contribution is -2.50. The van der Waals surface area contributed by atoms with E-state index in [0.29, 0.717) is 59.9 Å². The van der Waals surface area contributed by atoms with Gasteiger partial charge in [-0.15, -0.1) is 0 Å². The maximum Gasteiger partial charge on any atom is 0.270 e. The van der Waals surface area contributed by atoms with Gasteiger partial charge >= 0.3 is 0 Å². The number of hydrogen-bond donors (Lipinski definition) is 4. The number of ether oxygens (including phenoxy) is 2. The van der Waals surface area contributed by atoms with E-state index < -0.39 is 28.2 Å². The first-order valence-electron chi connectivity index (χ1n) is 30.7. The van der Waals surface area contributed by atoms with Crippen LogP contribution < -0.4 is 21.3 Å². The predicted molar refractivity (Wildman–Crippen MR) is 336 cm³/mol. The number of nitrogens with one attached hydrogen (secondary N) is 4. The van der Waals surface area contributed by atoms with Crippen LogP contribution in [0.25, 0.3) is 22.5 Å². The smallest absolute Gasteiger partial charge is 0.270 e. The highest BCUT2D eigenvalue weighted by Crippen LogP contribution is 2.52. The molecule has 6 aromatic rings. The molecule has 0 bridgehead atoms. The van der Waals surface area contributed by atoms with Crippen molar-refractivity contribution in [3.05, 3.63) is 108 Å². The van der Waals surface area contributed by atoms with Crippen molar-refractivity contribution >= 4 is 51.2 Å². The highest BCUT2D eigenvalue weighted by atomic mass is 28.3. The molecule has 10 rings (SSSR count). The molecule has 4 heterocycles. The summed E-state index contributed by atoms with van der Waals surface area (Å²) in [6.45, 7) is 28.5. The molecule has 20 heteroatoms. The van der Waals surface area contributed by atoms with Crippen LogP contribution in [0.15, 0.2) is 85.5 Å². The highest BCUT2D eigenvalue weighted by Gasteiger charge is 2.50. The van der Waals surface area contributed by atoms with Crippen LogP contribution in [0.2, 0.25) is 51.4 Å². The zero-order valence-electron chi connectivity index (χ0n) is 51.8. The van der Waals surface area contributed by atoms with Crippen LogP contribution in [-0.2, 0) is 32.5 Å². The maximum atomic E-state index is 13.8. The lowest BCUT2D eigenvalue weighted by molar-refractivity contribution is -0.120. The number of amides is 4. The van der Waals surface area contributed by atoms with E-state index in [0.717, 1.165) is 110 Å². The Morgan fingerprint density at radius 1 is 0.560 bits per heavy atom. The second kappa shape index (κ2) is 26.8. The molecule has 4 saturated carbocycles. The second-order valence-corrected chi connectivity index (χ2v) is 38.4. The van der Waals surface area contributed by atoms with E-state index in [-0.39, 0.29) is 47.5 Å². The molecule has 2 atom stereocenters. The van der Waals surface area contributed by atoms with Gasteiger partial charge in [0.1, 0.15) is 36.9 Å². The number of benzene rings is 2. The summed E-state index contributed by atoms with van der Waals surface area (Å²) in [5, 5.41) is 30.4. The van der Waals surface area contributed by atoms with Crippen LogP contribution >= 0.6 is 0 Å². The van der Waals surface area contributed by atoms with E-state index in [4.69, 9.17) is 14.6 Å². The van der Waals surface area contributed by atoms with Gasteiger partial charge in [-0.25, -0.2) is 9.36 Å². The van der Waals surface area contributed by atoms with Crippen molar-refractivity contribution in [2.75, 3.05) is 23.8 Å². The van der Waals surface area contributed by atoms with Crippen molar-refractivity contribution in [2.24, 2.45) is 35.5 Å². The van der Waals surface area contributed by atoms with Crippen LogP contribution in [0.1, 0.15) is 123 Å². The van der Waals surface area contributed by atoms with E-state index in [2.05, 4.69) is 75.8 Å². The van der Waals surface area contributed by atoms with E-state index in [1.54, 1.807) is 33.9 Å². The van der Waals surface area contributed by atoms with Crippen LogP contribution in [0.5, 0.6) is 0 Å². The summed E-state index contributed by atoms with van der Waals surface area (Å²) in [4.78, 5) is 54.4. The number of aryl methyl sites for hydroxylation is 2. The van der Waals surface area contributed by atoms with Crippen molar-refractivity contribution in [3.8, 4) is 22.5 Å². The van der Waals surface area contributed by atoms with E-state index in [9.17, 15) is 19.2 Å². The molecule has 0 spiro atoms. The Balaban J connectivity index is 0.000000202. The molecular weight excluding hydrogens is 1090 g/mol. The topological polar surface area (TPSA) is 206 Å². The minimum absolute atomic E-state index is 0.0471. The molecule has 0 unspecified atom stereocenters. The van der Waals surface area contributed by atoms with Gasteiger partial charge in [-0.2, -0.15) is 20.4 Å². The molecule has 4 aromatic heterocycles. The Labute approximate surface area is 499 Å². The number of carbonyl (C=O) groups is 4. The molecule has 18 nitrogen and oxygen atoms in total. The van der Waals surface area contributed by atoms with Crippen molar-refractivity contribution in [1.82, 2.24) is 49.8 Å². The largest absolute Gasteiger partial charge is 0.360 e. The normalized spacial score (nSPS) is 16.2. The van der Waals surface area contributed by atoms with Gasteiger partial charge < -0.3 is 30.7 Å². The SMILES string of the molecule is Cc1cn(COCC[Si](C)(C)C)nc1-c1ccc(NC(=O)[C@@H](NC(=O)c2ccnn2C(C)C)C(C2CC2)C2CC2)cc1.Cc1cnn(COCC[Si](C)(C)C)c1-c1ccc(NC(=O)[C@@H](NC(=O)c2ccnn2C(C)C)C(C2CC2)C2CC2)cc1. The number of anilines is 2. The molecule has 0 aliphatic heterocycles. The highest BCUT2D eigenvalue weighted by molar-refractivity contribution is 6.76. The molecule has 4 aliphatic carbocycles. The van der Waals surface area contributed by atoms with Gasteiger partial charge in [-0.05, 0) is 188 Å². The monoisotopic (exact) mass is 1180 g/mol. The van der Waals surface area contributed by atoms with Crippen molar-refractivity contribution < 1.29 is 28.7 Å².